The summed E-state index contributed by atoms with van der Waals surface area (Å²) in [7, 11) is -3.68. The Morgan fingerprint density at radius 2 is 2.06 bits per heavy atom. The summed E-state index contributed by atoms with van der Waals surface area (Å²) >= 11 is 0.964. The molecule has 4 rings (SSSR count). The molecule has 0 unspecified atom stereocenters. The van der Waals surface area contributed by atoms with Gasteiger partial charge in [-0.05, 0) is 11.3 Å². The van der Waals surface area contributed by atoms with E-state index in [2.05, 4.69) is 30.9 Å². The van der Waals surface area contributed by atoms with Gasteiger partial charge in [0.1, 0.15) is 9.77 Å². The Balaban J connectivity index is 1.40. The number of carbonyl (C=O) groups is 1. The molecule has 0 bridgehead atoms. The topological polar surface area (TPSA) is 185 Å². The molecule has 3 aromatic rings. The van der Waals surface area contributed by atoms with Crippen LogP contribution in [-0.2, 0) is 21.3 Å². The molecule has 170 valence electrons. The maximum absolute atomic E-state index is 12.7. The highest BCUT2D eigenvalue weighted by Gasteiger charge is 2.28. The number of rotatable bonds is 7. The van der Waals surface area contributed by atoms with Crippen molar-refractivity contribution < 1.29 is 17.9 Å². The van der Waals surface area contributed by atoms with Crippen LogP contribution in [0.5, 0.6) is 0 Å². The van der Waals surface area contributed by atoms with Crippen molar-refractivity contribution in [3.8, 4) is 11.4 Å². The van der Waals surface area contributed by atoms with E-state index in [9.17, 15) is 22.8 Å². The normalized spacial score (nSPS) is 15.0. The lowest BCUT2D eigenvalue weighted by atomic mass is 10.3. The zero-order chi connectivity index (χ0) is 22.7. The Kier molecular flexibility index (Phi) is 6.26. The van der Waals surface area contributed by atoms with Crippen LogP contribution >= 0.6 is 11.3 Å². The first-order valence-electron chi connectivity index (χ1n) is 9.38. The fourth-order valence-electron chi connectivity index (χ4n) is 2.99. The number of H-pyrrole nitrogens is 2. The van der Waals surface area contributed by atoms with E-state index in [1.54, 1.807) is 0 Å². The van der Waals surface area contributed by atoms with Gasteiger partial charge in [-0.15, -0.1) is 21.5 Å². The molecule has 16 heteroatoms. The number of carbonyl (C=O) groups excluding carboxylic acids is 1. The maximum atomic E-state index is 12.7. The molecule has 1 fully saturated rings. The van der Waals surface area contributed by atoms with Gasteiger partial charge in [-0.25, -0.2) is 13.2 Å². The number of sulfonamides is 1. The minimum atomic E-state index is -3.68. The minimum absolute atomic E-state index is 0.0244. The van der Waals surface area contributed by atoms with Gasteiger partial charge in [0.25, 0.3) is 21.5 Å². The summed E-state index contributed by atoms with van der Waals surface area (Å²) in [4.78, 5) is 38.5. The quantitative estimate of drug-likeness (QED) is 0.350. The molecule has 1 aliphatic rings. The molecule has 0 aliphatic carbocycles. The van der Waals surface area contributed by atoms with Crippen LogP contribution in [-0.4, -0.2) is 81.7 Å². The van der Waals surface area contributed by atoms with Gasteiger partial charge in [-0.3, -0.25) is 19.1 Å². The SMILES string of the molecule is O=C(NCCn1cc(-c2nn[nH]n2)c(=O)[nH]c1=O)c1csc(S(=O)(=O)N2CCOCC2)c1. The largest absolute Gasteiger partial charge is 0.379 e. The van der Waals surface area contributed by atoms with E-state index in [-0.39, 0.29) is 47.3 Å². The lowest BCUT2D eigenvalue weighted by Crippen LogP contribution is -2.40. The smallest absolute Gasteiger partial charge is 0.328 e. The molecule has 3 aromatic heterocycles. The van der Waals surface area contributed by atoms with E-state index in [4.69, 9.17) is 4.74 Å². The van der Waals surface area contributed by atoms with E-state index in [1.165, 1.54) is 26.5 Å². The van der Waals surface area contributed by atoms with E-state index < -0.39 is 27.2 Å². The third-order valence-corrected chi connectivity index (χ3v) is 7.95. The molecule has 0 radical (unpaired) electrons. The summed E-state index contributed by atoms with van der Waals surface area (Å²) in [6, 6.07) is 1.32. The molecule has 0 atom stereocenters. The Labute approximate surface area is 184 Å². The number of aromatic amines is 2. The van der Waals surface area contributed by atoms with Crippen LogP contribution in [0.1, 0.15) is 10.4 Å². The van der Waals surface area contributed by atoms with Crippen molar-refractivity contribution >= 4 is 27.3 Å². The maximum Gasteiger partial charge on any atom is 0.328 e. The van der Waals surface area contributed by atoms with Crippen molar-refractivity contribution in [3.05, 3.63) is 44.0 Å². The molecule has 1 amide bonds. The first kappa shape index (κ1) is 22.0. The average molecular weight is 483 g/mol. The van der Waals surface area contributed by atoms with Gasteiger partial charge in [-0.1, -0.05) is 0 Å². The Morgan fingerprint density at radius 3 is 2.78 bits per heavy atom. The van der Waals surface area contributed by atoms with Crippen LogP contribution in [0.4, 0.5) is 0 Å². The zero-order valence-electron chi connectivity index (χ0n) is 16.5. The molecule has 1 aliphatic heterocycles. The molecule has 4 heterocycles. The van der Waals surface area contributed by atoms with Crippen molar-refractivity contribution in [3.63, 3.8) is 0 Å². The summed E-state index contributed by atoms with van der Waals surface area (Å²) in [6.07, 6.45) is 1.27. The van der Waals surface area contributed by atoms with Gasteiger partial charge in [0, 0.05) is 37.8 Å². The third-order valence-electron chi connectivity index (χ3n) is 4.64. The molecule has 0 aromatic carbocycles. The van der Waals surface area contributed by atoms with E-state index in [0.29, 0.717) is 13.2 Å². The monoisotopic (exact) mass is 482 g/mol. The Bertz CT molecular complexity index is 1320. The Morgan fingerprint density at radius 1 is 1.28 bits per heavy atom. The lowest BCUT2D eigenvalue weighted by molar-refractivity contribution is 0.0731. The highest BCUT2D eigenvalue weighted by atomic mass is 32.2. The Hall–Kier alpha value is -3.21. The molecular formula is C16H18N8O6S2. The van der Waals surface area contributed by atoms with Crippen molar-refractivity contribution in [1.29, 1.82) is 0 Å². The fraction of sp³-hybridized carbons (Fsp3) is 0.375. The van der Waals surface area contributed by atoms with Gasteiger partial charge in [0.2, 0.25) is 5.82 Å². The summed E-state index contributed by atoms with van der Waals surface area (Å²) < 4.78 is 33.1. The summed E-state index contributed by atoms with van der Waals surface area (Å²) in [5.74, 6) is -0.461. The number of tetrazole rings is 1. The second-order valence-electron chi connectivity index (χ2n) is 6.66. The average Bonchev–Trinajstić information content (AvgIpc) is 3.48. The van der Waals surface area contributed by atoms with Gasteiger partial charge >= 0.3 is 5.69 Å². The predicted molar refractivity (Wildman–Crippen MR) is 111 cm³/mol. The number of ether oxygens (including phenoxy) is 1. The molecule has 0 saturated carbocycles. The van der Waals surface area contributed by atoms with Crippen LogP contribution < -0.4 is 16.6 Å². The first-order valence-corrected chi connectivity index (χ1v) is 11.7. The number of morpholine rings is 1. The van der Waals surface area contributed by atoms with Crippen LogP contribution in [0.25, 0.3) is 11.4 Å². The molecule has 0 spiro atoms. The van der Waals surface area contributed by atoms with Gasteiger partial charge in [0.15, 0.2) is 0 Å². The third kappa shape index (κ3) is 4.52. The van der Waals surface area contributed by atoms with Gasteiger partial charge in [0.05, 0.1) is 18.8 Å². The van der Waals surface area contributed by atoms with Crippen LogP contribution in [0.15, 0.2) is 31.4 Å². The lowest BCUT2D eigenvalue weighted by Gasteiger charge is -2.25. The fourth-order valence-corrected chi connectivity index (χ4v) is 5.71. The van der Waals surface area contributed by atoms with Gasteiger partial charge in [-0.2, -0.15) is 9.52 Å². The predicted octanol–water partition coefficient (Wildman–Crippen LogP) is -1.77. The van der Waals surface area contributed by atoms with Crippen LogP contribution in [0, 0.1) is 0 Å². The number of amides is 1. The summed E-state index contributed by atoms with van der Waals surface area (Å²) in [5, 5.41) is 17.1. The van der Waals surface area contributed by atoms with Crippen molar-refractivity contribution in [1.82, 2.24) is 39.8 Å². The highest BCUT2D eigenvalue weighted by molar-refractivity contribution is 7.91. The van der Waals surface area contributed by atoms with Crippen molar-refractivity contribution in [2.45, 2.75) is 10.8 Å². The van der Waals surface area contributed by atoms with E-state index in [0.717, 1.165) is 11.3 Å². The second-order valence-corrected chi connectivity index (χ2v) is 9.73. The van der Waals surface area contributed by atoms with Crippen molar-refractivity contribution in [2.24, 2.45) is 0 Å². The zero-order valence-corrected chi connectivity index (χ0v) is 18.1. The molecule has 32 heavy (non-hydrogen) atoms. The number of hydrogen-bond acceptors (Lipinski definition) is 10. The number of thiophene rings is 1. The first-order chi connectivity index (χ1) is 15.4. The second kappa shape index (κ2) is 9.11. The molecule has 14 nitrogen and oxygen atoms in total. The summed E-state index contributed by atoms with van der Waals surface area (Å²) in [6.45, 7) is 1.29. The highest BCUT2D eigenvalue weighted by Crippen LogP contribution is 2.24. The van der Waals surface area contributed by atoms with Crippen LogP contribution in [0.2, 0.25) is 0 Å². The molecular weight excluding hydrogens is 464 g/mol. The minimum Gasteiger partial charge on any atom is -0.379 e. The van der Waals surface area contributed by atoms with E-state index in [1.807, 2.05) is 0 Å². The number of nitrogens with one attached hydrogen (secondary N) is 3. The standard InChI is InChI=1S/C16H18N8O6S2/c25-14(10-7-12(31-9-10)32(28,29)24-3-5-30-6-4-24)17-1-2-23-8-11(13-19-21-22-20-13)15(26)18-16(23)27/h7-9H,1-6H2,(H,17,25)(H,18,26,27)(H,19,20,21,22). The van der Waals surface area contributed by atoms with Crippen LogP contribution in [0.3, 0.4) is 0 Å². The number of hydrogen-bond donors (Lipinski definition) is 3. The number of aromatic nitrogens is 6. The van der Waals surface area contributed by atoms with Crippen molar-refractivity contribution in [2.75, 3.05) is 32.8 Å². The van der Waals surface area contributed by atoms with Gasteiger partial charge < -0.3 is 10.1 Å². The van der Waals surface area contributed by atoms with E-state index >= 15 is 0 Å². The molecule has 3 N–H and O–H groups in total. The number of nitrogens with zero attached hydrogens (tertiary/aromatic N) is 5. The summed E-state index contributed by atoms with van der Waals surface area (Å²) in [5.41, 5.74) is -1.08. The molecule has 1 saturated heterocycles.